The fraction of sp³-hybridized carbons (Fsp3) is 0.632. The number of benzene rings is 1. The lowest BCUT2D eigenvalue weighted by Crippen LogP contribution is -2.44. The van der Waals surface area contributed by atoms with Gasteiger partial charge in [0.15, 0.2) is 5.96 Å². The summed E-state index contributed by atoms with van der Waals surface area (Å²) in [4.78, 5) is 9.17. The molecule has 2 N–H and O–H groups in total. The number of piperazine rings is 1. The Morgan fingerprint density at radius 2 is 1.80 bits per heavy atom. The van der Waals surface area contributed by atoms with Crippen molar-refractivity contribution < 1.29 is 4.74 Å². The van der Waals surface area contributed by atoms with Gasteiger partial charge < -0.3 is 20.3 Å². The van der Waals surface area contributed by atoms with Crippen LogP contribution in [0.3, 0.4) is 0 Å². The maximum Gasteiger partial charge on any atom is 0.191 e. The van der Waals surface area contributed by atoms with E-state index in [9.17, 15) is 0 Å². The quantitative estimate of drug-likeness (QED) is 0.572. The van der Waals surface area contributed by atoms with E-state index in [4.69, 9.17) is 4.74 Å². The molecule has 25 heavy (non-hydrogen) atoms. The number of aliphatic imine (C=N–C) groups is 1. The van der Waals surface area contributed by atoms with Gasteiger partial charge in [0.2, 0.25) is 0 Å². The SMILES string of the molecule is CN=C(NCc1ccc(CN2CCN(C)CC2)cc1)NC(C)COC. The number of methoxy groups -OCH3 is 1. The highest BCUT2D eigenvalue weighted by atomic mass is 16.5. The van der Waals surface area contributed by atoms with Crippen LogP contribution in [0.4, 0.5) is 0 Å². The molecule has 1 aliphatic rings. The van der Waals surface area contributed by atoms with Gasteiger partial charge in [0, 0.05) is 59.5 Å². The molecule has 1 heterocycles. The number of nitrogens with zero attached hydrogens (tertiary/aromatic N) is 3. The molecule has 0 saturated carbocycles. The second kappa shape index (κ2) is 10.4. The second-order valence-corrected chi connectivity index (χ2v) is 6.82. The average molecular weight is 348 g/mol. The van der Waals surface area contributed by atoms with Crippen molar-refractivity contribution >= 4 is 5.96 Å². The van der Waals surface area contributed by atoms with Gasteiger partial charge in [-0.1, -0.05) is 24.3 Å². The molecule has 0 radical (unpaired) electrons. The maximum absolute atomic E-state index is 5.14. The fourth-order valence-corrected chi connectivity index (χ4v) is 2.93. The van der Waals surface area contributed by atoms with Crippen LogP contribution in [0.15, 0.2) is 29.3 Å². The fourth-order valence-electron chi connectivity index (χ4n) is 2.93. The van der Waals surface area contributed by atoms with E-state index in [0.29, 0.717) is 6.61 Å². The van der Waals surface area contributed by atoms with Crippen LogP contribution in [-0.4, -0.2) is 75.8 Å². The number of likely N-dealkylation sites (N-methyl/N-ethyl adjacent to an activating group) is 1. The maximum atomic E-state index is 5.14. The summed E-state index contributed by atoms with van der Waals surface area (Å²) >= 11 is 0. The average Bonchev–Trinajstić information content (AvgIpc) is 2.62. The third-order valence-electron chi connectivity index (χ3n) is 4.51. The zero-order valence-corrected chi connectivity index (χ0v) is 16.1. The summed E-state index contributed by atoms with van der Waals surface area (Å²) in [6, 6.07) is 9.09. The molecule has 1 aromatic rings. The van der Waals surface area contributed by atoms with Crippen molar-refractivity contribution in [2.45, 2.75) is 26.1 Å². The molecule has 1 aromatic carbocycles. The summed E-state index contributed by atoms with van der Waals surface area (Å²) in [6.45, 7) is 9.16. The monoisotopic (exact) mass is 347 g/mol. The first-order valence-electron chi connectivity index (χ1n) is 9.05. The van der Waals surface area contributed by atoms with Crippen molar-refractivity contribution in [3.05, 3.63) is 35.4 Å². The van der Waals surface area contributed by atoms with E-state index in [2.05, 4.69) is 63.7 Å². The number of rotatable bonds is 7. The number of guanidine groups is 1. The van der Waals surface area contributed by atoms with Crippen molar-refractivity contribution in [3.8, 4) is 0 Å². The van der Waals surface area contributed by atoms with Gasteiger partial charge in [0.1, 0.15) is 0 Å². The van der Waals surface area contributed by atoms with Gasteiger partial charge in [-0.2, -0.15) is 0 Å². The van der Waals surface area contributed by atoms with Crippen molar-refractivity contribution in [3.63, 3.8) is 0 Å². The van der Waals surface area contributed by atoms with Crippen molar-refractivity contribution in [2.24, 2.45) is 4.99 Å². The van der Waals surface area contributed by atoms with Crippen LogP contribution in [0.5, 0.6) is 0 Å². The van der Waals surface area contributed by atoms with Crippen LogP contribution in [-0.2, 0) is 17.8 Å². The van der Waals surface area contributed by atoms with Crippen LogP contribution in [0.2, 0.25) is 0 Å². The zero-order chi connectivity index (χ0) is 18.1. The van der Waals surface area contributed by atoms with Gasteiger partial charge >= 0.3 is 0 Å². The molecule has 140 valence electrons. The van der Waals surface area contributed by atoms with Crippen LogP contribution in [0.25, 0.3) is 0 Å². The highest BCUT2D eigenvalue weighted by molar-refractivity contribution is 5.79. The third kappa shape index (κ3) is 7.02. The lowest BCUT2D eigenvalue weighted by molar-refractivity contribution is 0.148. The molecular weight excluding hydrogens is 314 g/mol. The standard InChI is InChI=1S/C19H33N5O/c1-16(15-25-4)22-19(20-2)21-13-17-5-7-18(8-6-17)14-24-11-9-23(3)10-12-24/h5-8,16H,9-15H2,1-4H3,(H2,20,21,22). The Morgan fingerprint density at radius 3 is 2.40 bits per heavy atom. The molecule has 1 atom stereocenters. The Balaban J connectivity index is 1.77. The molecule has 6 nitrogen and oxygen atoms in total. The van der Waals surface area contributed by atoms with Crippen molar-refractivity contribution in [1.82, 2.24) is 20.4 Å². The molecule has 1 unspecified atom stereocenters. The lowest BCUT2D eigenvalue weighted by atomic mass is 10.1. The topological polar surface area (TPSA) is 52.1 Å². The van der Waals surface area contributed by atoms with E-state index < -0.39 is 0 Å². The van der Waals surface area contributed by atoms with Gasteiger partial charge in [-0.3, -0.25) is 9.89 Å². The van der Waals surface area contributed by atoms with Gasteiger partial charge in [-0.05, 0) is 25.1 Å². The van der Waals surface area contributed by atoms with E-state index in [0.717, 1.165) is 45.2 Å². The third-order valence-corrected chi connectivity index (χ3v) is 4.51. The smallest absolute Gasteiger partial charge is 0.191 e. The molecule has 6 heteroatoms. The molecule has 1 saturated heterocycles. The largest absolute Gasteiger partial charge is 0.383 e. The molecule has 1 fully saturated rings. The highest BCUT2D eigenvalue weighted by Gasteiger charge is 2.13. The molecule has 0 bridgehead atoms. The van der Waals surface area contributed by atoms with Crippen molar-refractivity contribution in [1.29, 1.82) is 0 Å². The summed E-state index contributed by atoms with van der Waals surface area (Å²) in [7, 11) is 5.68. The van der Waals surface area contributed by atoms with Crippen LogP contribution < -0.4 is 10.6 Å². The molecule has 0 amide bonds. The molecule has 0 spiro atoms. The molecular formula is C19H33N5O. The van der Waals surface area contributed by atoms with Crippen LogP contribution >= 0.6 is 0 Å². The van der Waals surface area contributed by atoms with Crippen LogP contribution in [0, 0.1) is 0 Å². The van der Waals surface area contributed by atoms with E-state index in [-0.39, 0.29) is 6.04 Å². The normalized spacial score (nSPS) is 18.2. The van der Waals surface area contributed by atoms with E-state index in [1.54, 1.807) is 14.2 Å². The lowest BCUT2D eigenvalue weighted by Gasteiger charge is -2.32. The number of hydrogen-bond donors (Lipinski definition) is 2. The van der Waals surface area contributed by atoms with Gasteiger partial charge in [-0.25, -0.2) is 0 Å². The number of ether oxygens (including phenoxy) is 1. The molecule has 1 aliphatic heterocycles. The Bertz CT molecular complexity index is 523. The van der Waals surface area contributed by atoms with Crippen LogP contribution in [0.1, 0.15) is 18.1 Å². The Morgan fingerprint density at radius 1 is 1.16 bits per heavy atom. The van der Waals surface area contributed by atoms with Gasteiger partial charge in [0.25, 0.3) is 0 Å². The highest BCUT2D eigenvalue weighted by Crippen LogP contribution is 2.09. The Hall–Kier alpha value is -1.63. The summed E-state index contributed by atoms with van der Waals surface area (Å²) in [5.74, 6) is 0.797. The second-order valence-electron chi connectivity index (χ2n) is 6.82. The first-order chi connectivity index (χ1) is 12.1. The molecule has 2 rings (SSSR count). The predicted octanol–water partition coefficient (Wildman–Crippen LogP) is 1.13. The van der Waals surface area contributed by atoms with Crippen molar-refractivity contribution in [2.75, 3.05) is 54.0 Å². The molecule has 0 aliphatic carbocycles. The first kappa shape index (κ1) is 19.7. The minimum atomic E-state index is 0.224. The summed E-state index contributed by atoms with van der Waals surface area (Å²) < 4.78 is 5.14. The van der Waals surface area contributed by atoms with E-state index in [1.807, 2.05) is 0 Å². The Kier molecular flexibility index (Phi) is 8.18. The zero-order valence-electron chi connectivity index (χ0n) is 16.1. The summed E-state index contributed by atoms with van der Waals surface area (Å²) in [5, 5.41) is 6.66. The number of nitrogens with one attached hydrogen (secondary N) is 2. The van der Waals surface area contributed by atoms with Gasteiger partial charge in [-0.15, -0.1) is 0 Å². The van der Waals surface area contributed by atoms with E-state index >= 15 is 0 Å². The summed E-state index contributed by atoms with van der Waals surface area (Å²) in [6.07, 6.45) is 0. The Labute approximate surface area is 152 Å². The molecule has 0 aromatic heterocycles. The van der Waals surface area contributed by atoms with E-state index in [1.165, 1.54) is 11.1 Å². The number of hydrogen-bond acceptors (Lipinski definition) is 4. The van der Waals surface area contributed by atoms with Gasteiger partial charge in [0.05, 0.1) is 6.61 Å². The first-order valence-corrected chi connectivity index (χ1v) is 9.05. The predicted molar refractivity (Wildman–Crippen MR) is 104 cm³/mol. The summed E-state index contributed by atoms with van der Waals surface area (Å²) in [5.41, 5.74) is 2.63. The minimum Gasteiger partial charge on any atom is -0.383 e. The minimum absolute atomic E-state index is 0.224.